The van der Waals surface area contributed by atoms with Crippen molar-refractivity contribution in [2.75, 3.05) is 0 Å². The Morgan fingerprint density at radius 3 is 1.63 bits per heavy atom. The monoisotopic (exact) mass is 459 g/mol. The Kier molecular flexibility index (Phi) is 12.4. The molecule has 1 aromatic rings. The number of carboxylic acid groups (broad SMARTS) is 1. The minimum Gasteiger partial charge on any atom is -0.478 e. The molecular formula is C16H27O2Pb. The van der Waals surface area contributed by atoms with Crippen molar-refractivity contribution in [3.63, 3.8) is 0 Å². The van der Waals surface area contributed by atoms with E-state index in [0.717, 1.165) is 0 Å². The average molecular weight is 459 g/mol. The maximum Gasteiger partial charge on any atom is 0.335 e. The molecule has 0 fully saturated rings. The van der Waals surface area contributed by atoms with Crippen LogP contribution in [0.5, 0.6) is 0 Å². The van der Waals surface area contributed by atoms with Crippen LogP contribution < -0.4 is 0 Å². The summed E-state index contributed by atoms with van der Waals surface area (Å²) in [7, 11) is 0. The summed E-state index contributed by atoms with van der Waals surface area (Å²) in [6.07, 6.45) is 4.38. The molecule has 19 heavy (non-hydrogen) atoms. The van der Waals surface area contributed by atoms with Gasteiger partial charge in [0.1, 0.15) is 0 Å². The summed E-state index contributed by atoms with van der Waals surface area (Å²) in [6.45, 7) is 7.03. The normalized spacial score (nSPS) is 9.89. The summed E-state index contributed by atoms with van der Waals surface area (Å²) >= 11 is -0.907. The first-order chi connectivity index (χ1) is 9.15. The predicted molar refractivity (Wildman–Crippen MR) is 84.4 cm³/mol. The Labute approximate surface area is 126 Å². The van der Waals surface area contributed by atoms with Crippen LogP contribution in [0.2, 0.25) is 11.9 Å². The number of carbonyl (C=O) groups is 1. The summed E-state index contributed by atoms with van der Waals surface area (Å²) in [5.74, 6) is -0.879. The fourth-order valence-electron chi connectivity index (χ4n) is 2.02. The van der Waals surface area contributed by atoms with Crippen molar-refractivity contribution < 1.29 is 9.90 Å². The Morgan fingerprint density at radius 2 is 1.37 bits per heavy atom. The molecule has 1 aromatic carbocycles. The Bertz CT molecular complexity index is 311. The number of aromatic carboxylic acids is 1. The number of hydrogen-bond donors (Lipinski definition) is 1. The number of benzene rings is 1. The van der Waals surface area contributed by atoms with Gasteiger partial charge in [0.25, 0.3) is 0 Å². The van der Waals surface area contributed by atoms with Crippen molar-refractivity contribution in [1.29, 1.82) is 0 Å². The molecule has 1 N–H and O–H groups in total. The molecular weight excluding hydrogens is 431 g/mol. The third kappa shape index (κ3) is 10.1. The van der Waals surface area contributed by atoms with Crippen molar-refractivity contribution in [3.05, 3.63) is 35.9 Å². The molecule has 1 radical (unpaired) electrons. The molecule has 0 aliphatic rings. The molecule has 2 nitrogen and oxygen atoms in total. The van der Waals surface area contributed by atoms with Crippen LogP contribution in [0, 0.1) is 0 Å². The van der Waals surface area contributed by atoms with Crippen LogP contribution in [-0.2, 0) is 0 Å². The first-order valence-corrected chi connectivity index (χ1v) is 15.5. The van der Waals surface area contributed by atoms with Gasteiger partial charge in [-0.1, -0.05) is 18.2 Å². The molecule has 0 unspecified atom stereocenters. The standard InChI is InChI=1S/C7H6O2.3C3H7.Pb/c8-7(9)6-4-2-1-3-5-6;3*1-3-2;/h1-5H,(H,8,9);3*1,3H2,2H3;. The largest absolute Gasteiger partial charge is 0.478 e. The van der Waals surface area contributed by atoms with Crippen LogP contribution >= 0.6 is 0 Å². The van der Waals surface area contributed by atoms with Gasteiger partial charge < -0.3 is 5.11 Å². The summed E-state index contributed by atoms with van der Waals surface area (Å²) in [4.78, 5) is 10.2. The van der Waals surface area contributed by atoms with Gasteiger partial charge in [0.15, 0.2) is 0 Å². The van der Waals surface area contributed by atoms with E-state index in [1.54, 1.807) is 42.3 Å². The zero-order valence-electron chi connectivity index (χ0n) is 12.5. The molecule has 0 amide bonds. The number of hydrogen-bond acceptors (Lipinski definition) is 1. The van der Waals surface area contributed by atoms with Gasteiger partial charge in [-0.25, -0.2) is 4.79 Å². The topological polar surface area (TPSA) is 37.3 Å². The van der Waals surface area contributed by atoms with E-state index in [1.807, 2.05) is 0 Å². The first kappa shape index (κ1) is 18.6. The Hall–Kier alpha value is -0.388. The zero-order valence-corrected chi connectivity index (χ0v) is 16.4. The van der Waals surface area contributed by atoms with Gasteiger partial charge in [0.05, 0.1) is 5.56 Å². The molecule has 0 spiro atoms. The van der Waals surface area contributed by atoms with Gasteiger partial charge in [-0.3, -0.25) is 0 Å². The van der Waals surface area contributed by atoms with Crippen molar-refractivity contribution in [2.45, 2.75) is 52.0 Å². The van der Waals surface area contributed by atoms with Gasteiger partial charge in [0.2, 0.25) is 0 Å². The molecule has 0 atom stereocenters. The quantitative estimate of drug-likeness (QED) is 0.578. The van der Waals surface area contributed by atoms with Gasteiger partial charge in [0, 0.05) is 0 Å². The van der Waals surface area contributed by atoms with Crippen molar-refractivity contribution in [1.82, 2.24) is 0 Å². The smallest absolute Gasteiger partial charge is 0.335 e. The molecule has 0 aliphatic heterocycles. The molecule has 107 valence electrons. The second kappa shape index (κ2) is 12.6. The second-order valence-corrected chi connectivity index (χ2v) is 16.3. The van der Waals surface area contributed by atoms with Gasteiger partial charge in [-0.2, -0.15) is 0 Å². The summed E-state index contributed by atoms with van der Waals surface area (Å²) < 4.78 is 4.98. The van der Waals surface area contributed by atoms with Crippen LogP contribution in [0.15, 0.2) is 30.3 Å². The first-order valence-electron chi connectivity index (χ1n) is 7.27. The predicted octanol–water partition coefficient (Wildman–Crippen LogP) is 5.10. The summed E-state index contributed by atoms with van der Waals surface area (Å²) in [6, 6.07) is 8.30. The molecule has 0 aliphatic carbocycles. The van der Waals surface area contributed by atoms with Crippen LogP contribution in [0.25, 0.3) is 0 Å². The SMILES string of the molecule is CC[CH2][Pb]([CH2]CC)[CH2]CC.O=C(O)c1ccccc1. The fraction of sp³-hybridized carbons (Fsp3) is 0.562. The van der Waals surface area contributed by atoms with E-state index in [-0.39, 0.29) is 0 Å². The van der Waals surface area contributed by atoms with E-state index in [1.165, 1.54) is 19.3 Å². The van der Waals surface area contributed by atoms with Crippen molar-refractivity contribution >= 4 is 28.7 Å². The number of rotatable bonds is 7. The number of carboxylic acids is 1. The van der Waals surface area contributed by atoms with Gasteiger partial charge in [-0.05, 0) is 12.1 Å². The average Bonchev–Trinajstić information content (AvgIpc) is 2.41. The van der Waals surface area contributed by atoms with E-state index in [0.29, 0.717) is 5.56 Å². The molecule has 0 aromatic heterocycles. The summed E-state index contributed by atoms with van der Waals surface area (Å²) in [5, 5.41) is 8.38. The van der Waals surface area contributed by atoms with Crippen molar-refractivity contribution in [2.24, 2.45) is 0 Å². The van der Waals surface area contributed by atoms with Gasteiger partial charge >= 0.3 is 80.6 Å². The van der Waals surface area contributed by atoms with Crippen LogP contribution in [0.1, 0.15) is 50.4 Å². The van der Waals surface area contributed by atoms with E-state index < -0.39 is 28.7 Å². The van der Waals surface area contributed by atoms with E-state index in [4.69, 9.17) is 5.11 Å². The van der Waals surface area contributed by atoms with E-state index in [2.05, 4.69) is 20.8 Å². The Morgan fingerprint density at radius 1 is 0.947 bits per heavy atom. The van der Waals surface area contributed by atoms with Crippen LogP contribution in [0.3, 0.4) is 0 Å². The maximum absolute atomic E-state index is 10.2. The summed E-state index contributed by atoms with van der Waals surface area (Å²) in [5.41, 5.74) is 0.331. The zero-order chi connectivity index (χ0) is 14.5. The fourth-order valence-corrected chi connectivity index (χ4v) is 13.2. The maximum atomic E-state index is 10.2. The minimum absolute atomic E-state index is 0.331. The van der Waals surface area contributed by atoms with Crippen molar-refractivity contribution in [3.8, 4) is 0 Å². The Balaban J connectivity index is 0.000000342. The van der Waals surface area contributed by atoms with Gasteiger partial charge in [-0.15, -0.1) is 0 Å². The molecule has 0 saturated carbocycles. The molecule has 3 heteroatoms. The third-order valence-electron chi connectivity index (χ3n) is 2.83. The molecule has 1 rings (SSSR count). The van der Waals surface area contributed by atoms with Crippen LogP contribution in [-0.4, -0.2) is 33.8 Å². The minimum atomic E-state index is -0.907. The molecule has 0 bridgehead atoms. The van der Waals surface area contributed by atoms with E-state index in [9.17, 15) is 4.79 Å². The molecule has 0 heterocycles. The molecule has 0 saturated heterocycles. The van der Waals surface area contributed by atoms with E-state index >= 15 is 0 Å². The third-order valence-corrected chi connectivity index (χ3v) is 16.9. The van der Waals surface area contributed by atoms with Crippen LogP contribution in [0.4, 0.5) is 0 Å². The second-order valence-electron chi connectivity index (χ2n) is 4.67.